The van der Waals surface area contributed by atoms with Gasteiger partial charge in [0.2, 0.25) is 0 Å². The molecule has 2 rings (SSSR count). The van der Waals surface area contributed by atoms with Crippen LogP contribution >= 0.6 is 11.3 Å². The van der Waals surface area contributed by atoms with Gasteiger partial charge < -0.3 is 14.4 Å². The second-order valence-corrected chi connectivity index (χ2v) is 6.70. The van der Waals surface area contributed by atoms with Gasteiger partial charge in [-0.25, -0.2) is 4.99 Å². The Morgan fingerprint density at radius 2 is 2.26 bits per heavy atom. The molecular formula is C16H26N3O3S+. The zero-order valence-electron chi connectivity index (χ0n) is 13.8. The summed E-state index contributed by atoms with van der Waals surface area (Å²) >= 11 is 1.40. The average molecular weight is 340 g/mol. The summed E-state index contributed by atoms with van der Waals surface area (Å²) in [6, 6.07) is 3.95. The van der Waals surface area contributed by atoms with Crippen molar-refractivity contribution in [1.29, 1.82) is 0 Å². The normalized spacial score (nSPS) is 16.6. The van der Waals surface area contributed by atoms with Crippen molar-refractivity contribution in [2.75, 3.05) is 39.4 Å². The number of carbonyl (C=O) groups excluding carboxylic acids is 1. The quantitative estimate of drug-likeness (QED) is 0.452. The number of amidine groups is 1. The number of ether oxygens (including phenoxy) is 2. The van der Waals surface area contributed by atoms with Gasteiger partial charge in [-0.15, -0.1) is 11.3 Å². The van der Waals surface area contributed by atoms with Gasteiger partial charge in [-0.2, -0.15) is 0 Å². The van der Waals surface area contributed by atoms with Gasteiger partial charge in [0.05, 0.1) is 30.7 Å². The molecule has 0 bridgehead atoms. The minimum atomic E-state index is -0.168. The van der Waals surface area contributed by atoms with E-state index < -0.39 is 0 Å². The molecule has 2 heterocycles. The Labute approximate surface area is 141 Å². The molecule has 2 N–H and O–H groups in total. The van der Waals surface area contributed by atoms with E-state index in [1.54, 1.807) is 11.0 Å². The molecule has 1 aromatic rings. The van der Waals surface area contributed by atoms with Crippen LogP contribution in [-0.2, 0) is 9.47 Å². The molecule has 0 atom stereocenters. The monoisotopic (exact) mass is 340 g/mol. The maximum atomic E-state index is 12.1. The molecule has 1 aliphatic rings. The van der Waals surface area contributed by atoms with Crippen LogP contribution in [0.3, 0.4) is 0 Å². The van der Waals surface area contributed by atoms with Crippen molar-refractivity contribution < 1.29 is 19.2 Å². The van der Waals surface area contributed by atoms with Crippen molar-refractivity contribution in [2.24, 2.45) is 4.99 Å². The second-order valence-electron chi connectivity index (χ2n) is 5.75. The zero-order chi connectivity index (χ0) is 16.5. The largest absolute Gasteiger partial charge is 0.462 e. The molecule has 1 aliphatic heterocycles. The highest BCUT2D eigenvalue weighted by atomic mass is 32.1. The first-order valence-corrected chi connectivity index (χ1v) is 9.00. The van der Waals surface area contributed by atoms with Crippen LogP contribution in [-0.4, -0.2) is 57.4 Å². The lowest BCUT2D eigenvalue weighted by atomic mass is 10.3. The highest BCUT2D eigenvalue weighted by Gasteiger charge is 2.14. The van der Waals surface area contributed by atoms with Crippen molar-refractivity contribution in [3.8, 4) is 0 Å². The van der Waals surface area contributed by atoms with E-state index in [1.165, 1.54) is 11.3 Å². The van der Waals surface area contributed by atoms with Gasteiger partial charge >= 0.3 is 0 Å². The first-order chi connectivity index (χ1) is 11.1. The fraction of sp³-hybridized carbons (Fsp3) is 0.625. The number of thiophene rings is 1. The molecule has 1 amide bonds. The summed E-state index contributed by atoms with van der Waals surface area (Å²) in [4.78, 5) is 18.7. The number of carbonyl (C=O) groups is 1. The van der Waals surface area contributed by atoms with Gasteiger partial charge in [-0.05, 0) is 25.3 Å². The minimum absolute atomic E-state index is 0.0257. The van der Waals surface area contributed by atoms with E-state index >= 15 is 0 Å². The summed E-state index contributed by atoms with van der Waals surface area (Å²) < 4.78 is 11.0. The summed E-state index contributed by atoms with van der Waals surface area (Å²) in [5.41, 5.74) is 0. The van der Waals surface area contributed by atoms with Crippen LogP contribution in [0.2, 0.25) is 0 Å². The van der Waals surface area contributed by atoms with Gasteiger partial charge in [0.25, 0.3) is 11.9 Å². The predicted octanol–water partition coefficient (Wildman–Crippen LogP) is 0.564. The Bertz CT molecular complexity index is 497. The van der Waals surface area contributed by atoms with Crippen LogP contribution in [0.5, 0.6) is 0 Å². The van der Waals surface area contributed by atoms with E-state index in [9.17, 15) is 4.79 Å². The number of quaternary nitrogens is 1. The van der Waals surface area contributed by atoms with E-state index in [-0.39, 0.29) is 12.0 Å². The van der Waals surface area contributed by atoms with Gasteiger partial charge in [0, 0.05) is 13.0 Å². The van der Waals surface area contributed by atoms with Crippen LogP contribution < -0.4 is 10.2 Å². The van der Waals surface area contributed by atoms with E-state index in [4.69, 9.17) is 9.47 Å². The highest BCUT2D eigenvalue weighted by Crippen LogP contribution is 2.08. The minimum Gasteiger partial charge on any atom is -0.462 e. The third-order valence-corrected chi connectivity index (χ3v) is 4.33. The number of hydrogen-bond acceptors (Lipinski definition) is 5. The number of aliphatic imine (C=N–C) groups is 1. The van der Waals surface area contributed by atoms with Crippen molar-refractivity contribution in [3.05, 3.63) is 22.4 Å². The molecule has 1 saturated heterocycles. The molecule has 0 aromatic carbocycles. The fourth-order valence-electron chi connectivity index (χ4n) is 2.32. The standard InChI is InChI=1S/C16H25N3O3S/c1-13(2)22-16(18-15(20)14-5-3-12-23-14)17-6-4-7-19-8-10-21-11-9-19/h3,5,12-13H,4,6-11H2,1-2H3,(H,17,18,20)/p+1. The Morgan fingerprint density at radius 1 is 1.48 bits per heavy atom. The van der Waals surface area contributed by atoms with Crippen LogP contribution in [0, 0.1) is 0 Å². The summed E-state index contributed by atoms with van der Waals surface area (Å²) in [6.07, 6.45) is 0.942. The van der Waals surface area contributed by atoms with Crippen molar-refractivity contribution >= 4 is 23.3 Å². The van der Waals surface area contributed by atoms with Crippen molar-refractivity contribution in [1.82, 2.24) is 5.32 Å². The molecule has 0 radical (unpaired) electrons. The molecule has 1 aromatic heterocycles. The van der Waals surface area contributed by atoms with Crippen LogP contribution in [0.4, 0.5) is 0 Å². The van der Waals surface area contributed by atoms with E-state index in [2.05, 4.69) is 10.3 Å². The summed E-state index contributed by atoms with van der Waals surface area (Å²) in [5.74, 6) is -0.168. The second kappa shape index (κ2) is 9.64. The molecule has 0 aliphatic carbocycles. The van der Waals surface area contributed by atoms with Crippen LogP contribution in [0.15, 0.2) is 22.5 Å². The Kier molecular flexibility index (Phi) is 7.51. The lowest BCUT2D eigenvalue weighted by Gasteiger charge is -2.23. The summed E-state index contributed by atoms with van der Waals surface area (Å²) in [6.45, 7) is 9.38. The number of rotatable bonds is 6. The van der Waals surface area contributed by atoms with Gasteiger partial charge in [-0.1, -0.05) is 6.07 Å². The first kappa shape index (κ1) is 17.9. The number of amides is 1. The van der Waals surface area contributed by atoms with Crippen LogP contribution in [0.1, 0.15) is 29.9 Å². The smallest absolute Gasteiger partial charge is 0.291 e. The number of hydrogen-bond donors (Lipinski definition) is 2. The Balaban J connectivity index is 1.80. The van der Waals surface area contributed by atoms with E-state index in [0.717, 1.165) is 39.3 Å². The molecule has 128 valence electrons. The third-order valence-electron chi connectivity index (χ3n) is 3.46. The highest BCUT2D eigenvalue weighted by molar-refractivity contribution is 7.12. The molecule has 7 heteroatoms. The van der Waals surface area contributed by atoms with Crippen molar-refractivity contribution in [2.45, 2.75) is 26.4 Å². The van der Waals surface area contributed by atoms with Gasteiger partial charge in [0.15, 0.2) is 0 Å². The fourth-order valence-corrected chi connectivity index (χ4v) is 2.93. The topological polar surface area (TPSA) is 64.4 Å². The molecule has 23 heavy (non-hydrogen) atoms. The zero-order valence-corrected chi connectivity index (χ0v) is 14.7. The van der Waals surface area contributed by atoms with Crippen molar-refractivity contribution in [3.63, 3.8) is 0 Å². The molecular weight excluding hydrogens is 314 g/mol. The van der Waals surface area contributed by atoms with Gasteiger partial charge in [-0.3, -0.25) is 10.1 Å². The molecule has 0 spiro atoms. The number of morpholine rings is 1. The third kappa shape index (κ3) is 6.68. The lowest BCUT2D eigenvalue weighted by Crippen LogP contribution is -3.14. The molecule has 1 fully saturated rings. The van der Waals surface area contributed by atoms with E-state index in [1.807, 2.05) is 25.3 Å². The summed E-state index contributed by atoms with van der Waals surface area (Å²) in [7, 11) is 0. The number of nitrogens with one attached hydrogen (secondary N) is 2. The predicted molar refractivity (Wildman–Crippen MR) is 91.3 cm³/mol. The van der Waals surface area contributed by atoms with Crippen LogP contribution in [0.25, 0.3) is 0 Å². The number of nitrogens with zero attached hydrogens (tertiary/aromatic N) is 1. The maximum Gasteiger partial charge on any atom is 0.291 e. The average Bonchev–Trinajstić information content (AvgIpc) is 3.06. The lowest BCUT2D eigenvalue weighted by molar-refractivity contribution is -0.908. The SMILES string of the molecule is CC(C)OC(=NCCC[NH+]1CCOCC1)NC(=O)c1cccs1. The molecule has 0 saturated carbocycles. The summed E-state index contributed by atoms with van der Waals surface area (Å²) in [5, 5.41) is 4.64. The molecule has 0 unspecified atom stereocenters. The van der Waals surface area contributed by atoms with Gasteiger partial charge in [0.1, 0.15) is 13.1 Å². The Hall–Kier alpha value is -1.44. The molecule has 6 nitrogen and oxygen atoms in total. The van der Waals surface area contributed by atoms with E-state index in [0.29, 0.717) is 17.4 Å². The Morgan fingerprint density at radius 3 is 2.91 bits per heavy atom. The first-order valence-electron chi connectivity index (χ1n) is 8.12. The maximum absolute atomic E-state index is 12.1.